The van der Waals surface area contributed by atoms with Gasteiger partial charge in [-0.05, 0) is 37.1 Å². The highest BCUT2D eigenvalue weighted by atomic mass is 127. The lowest BCUT2D eigenvalue weighted by molar-refractivity contribution is 0.523. The minimum absolute atomic E-state index is 0. The molecule has 30 heavy (non-hydrogen) atoms. The Morgan fingerprint density at radius 2 is 1.93 bits per heavy atom. The maximum atomic E-state index is 12.2. The molecule has 7 nitrogen and oxygen atoms in total. The van der Waals surface area contributed by atoms with Gasteiger partial charge in [-0.1, -0.05) is 18.2 Å². The van der Waals surface area contributed by atoms with E-state index in [2.05, 4.69) is 38.9 Å². The summed E-state index contributed by atoms with van der Waals surface area (Å²) in [6, 6.07) is 11.7. The summed E-state index contributed by atoms with van der Waals surface area (Å²) in [6.45, 7) is 3.95. The van der Waals surface area contributed by atoms with Gasteiger partial charge in [-0.15, -0.1) is 35.3 Å². The summed E-state index contributed by atoms with van der Waals surface area (Å²) in [4.78, 5) is 8.79. The van der Waals surface area contributed by atoms with E-state index in [4.69, 9.17) is 0 Å². The normalized spacial score (nSPS) is 12.2. The van der Waals surface area contributed by atoms with Crippen LogP contribution in [0.2, 0.25) is 0 Å². The third-order valence-corrected chi connectivity index (χ3v) is 7.82. The van der Waals surface area contributed by atoms with E-state index >= 15 is 0 Å². The fourth-order valence-corrected chi connectivity index (χ4v) is 5.36. The second-order valence-electron chi connectivity index (χ2n) is 6.74. The number of fused-ring (bicyclic) bond motifs is 1. The predicted octanol–water partition coefficient (Wildman–Crippen LogP) is 3.40. The lowest BCUT2D eigenvalue weighted by Crippen LogP contribution is -2.38. The number of H-pyrrole nitrogens is 1. The van der Waals surface area contributed by atoms with Gasteiger partial charge in [0.15, 0.2) is 5.96 Å². The molecule has 0 aliphatic carbocycles. The van der Waals surface area contributed by atoms with Crippen molar-refractivity contribution < 1.29 is 8.42 Å². The van der Waals surface area contributed by atoms with Gasteiger partial charge in [0.2, 0.25) is 0 Å². The first-order chi connectivity index (χ1) is 13.9. The number of aromatic nitrogens is 1. The largest absolute Gasteiger partial charge is 0.361 e. The summed E-state index contributed by atoms with van der Waals surface area (Å²) >= 11 is 1.26. The van der Waals surface area contributed by atoms with E-state index in [1.165, 1.54) is 40.7 Å². The number of halogens is 1. The molecular formula is C20H28IN5O2S2. The number of hydrogen-bond acceptors (Lipinski definition) is 4. The molecule has 0 saturated carbocycles. The number of sulfonamides is 1. The van der Waals surface area contributed by atoms with Crippen LogP contribution in [0.25, 0.3) is 10.9 Å². The molecule has 164 valence electrons. The van der Waals surface area contributed by atoms with Crippen molar-refractivity contribution in [1.82, 2.24) is 19.9 Å². The van der Waals surface area contributed by atoms with Crippen LogP contribution < -0.4 is 10.6 Å². The molecule has 0 saturated heterocycles. The van der Waals surface area contributed by atoms with E-state index in [9.17, 15) is 8.42 Å². The molecule has 3 aromatic rings. The second kappa shape index (κ2) is 11.1. The van der Waals surface area contributed by atoms with Crippen LogP contribution in [0, 0.1) is 0 Å². The van der Waals surface area contributed by atoms with Gasteiger partial charge in [0.25, 0.3) is 10.0 Å². The zero-order valence-corrected chi connectivity index (χ0v) is 21.3. The number of rotatable bonds is 8. The highest BCUT2D eigenvalue weighted by Crippen LogP contribution is 2.24. The van der Waals surface area contributed by atoms with Gasteiger partial charge >= 0.3 is 0 Å². The molecule has 0 bridgehead atoms. The molecule has 0 fully saturated rings. The first kappa shape index (κ1) is 24.6. The maximum absolute atomic E-state index is 12.2. The summed E-state index contributed by atoms with van der Waals surface area (Å²) < 4.78 is 26.0. The quantitative estimate of drug-likeness (QED) is 0.224. The van der Waals surface area contributed by atoms with Gasteiger partial charge in [-0.25, -0.2) is 17.7 Å². The van der Waals surface area contributed by atoms with Crippen LogP contribution in [-0.4, -0.2) is 50.9 Å². The van der Waals surface area contributed by atoms with Crippen LogP contribution >= 0.6 is 35.3 Å². The van der Waals surface area contributed by atoms with Gasteiger partial charge in [-0.2, -0.15) is 0 Å². The number of nitrogens with zero attached hydrogens (tertiary/aromatic N) is 2. The molecule has 0 radical (unpaired) electrons. The molecule has 0 unspecified atom stereocenters. The Bertz CT molecular complexity index is 1090. The van der Waals surface area contributed by atoms with Crippen LogP contribution in [0.1, 0.15) is 17.4 Å². The highest BCUT2D eigenvalue weighted by molar-refractivity contribution is 14.0. The Morgan fingerprint density at radius 3 is 2.67 bits per heavy atom. The molecule has 1 aromatic carbocycles. The van der Waals surface area contributed by atoms with E-state index < -0.39 is 10.0 Å². The zero-order chi connectivity index (χ0) is 20.9. The summed E-state index contributed by atoms with van der Waals surface area (Å²) in [6.07, 6.45) is 2.92. The minimum Gasteiger partial charge on any atom is -0.361 e. The first-order valence-electron chi connectivity index (χ1n) is 9.50. The Morgan fingerprint density at radius 1 is 1.17 bits per heavy atom. The Labute approximate surface area is 199 Å². The minimum atomic E-state index is -3.39. The maximum Gasteiger partial charge on any atom is 0.252 e. The lowest BCUT2D eigenvalue weighted by atomic mass is 10.1. The number of para-hydroxylation sites is 1. The summed E-state index contributed by atoms with van der Waals surface area (Å²) in [7, 11) is -0.322. The van der Waals surface area contributed by atoms with Crippen molar-refractivity contribution in [2.24, 2.45) is 4.99 Å². The first-order valence-corrected chi connectivity index (χ1v) is 11.8. The third-order valence-electron chi connectivity index (χ3n) is 4.47. The SMILES string of the molecule is CCNC(=NCc1ccc(S(=O)(=O)N(C)C)s1)NCCc1c[nH]c2ccccc12.I. The van der Waals surface area contributed by atoms with Crippen LogP contribution in [0.15, 0.2) is 51.8 Å². The van der Waals surface area contributed by atoms with Crippen molar-refractivity contribution in [1.29, 1.82) is 0 Å². The molecular weight excluding hydrogens is 533 g/mol. The molecule has 10 heteroatoms. The monoisotopic (exact) mass is 561 g/mol. The lowest BCUT2D eigenvalue weighted by Gasteiger charge is -2.11. The molecule has 0 amide bonds. The van der Waals surface area contributed by atoms with E-state index in [-0.39, 0.29) is 24.0 Å². The number of aliphatic imine (C=N–C) groups is 1. The number of hydrogen-bond donors (Lipinski definition) is 3. The van der Waals surface area contributed by atoms with E-state index in [0.717, 1.165) is 35.9 Å². The highest BCUT2D eigenvalue weighted by Gasteiger charge is 2.19. The average Bonchev–Trinajstić information content (AvgIpc) is 3.34. The van der Waals surface area contributed by atoms with Crippen molar-refractivity contribution in [3.63, 3.8) is 0 Å². The Hall–Kier alpha value is -1.63. The number of aromatic amines is 1. The molecule has 0 spiro atoms. The van der Waals surface area contributed by atoms with Gasteiger partial charge in [0, 0.05) is 49.2 Å². The second-order valence-corrected chi connectivity index (χ2v) is 10.3. The van der Waals surface area contributed by atoms with Crippen LogP contribution in [0.4, 0.5) is 0 Å². The molecule has 3 rings (SSSR count). The van der Waals surface area contributed by atoms with Crippen molar-refractivity contribution in [3.8, 4) is 0 Å². The number of thiophene rings is 1. The van der Waals surface area contributed by atoms with Crippen molar-refractivity contribution in [3.05, 3.63) is 53.0 Å². The third kappa shape index (κ3) is 5.96. The molecule has 2 heterocycles. The summed E-state index contributed by atoms with van der Waals surface area (Å²) in [5, 5.41) is 7.83. The average molecular weight is 562 g/mol. The molecule has 0 aliphatic heterocycles. The van der Waals surface area contributed by atoms with Gasteiger partial charge in [0.1, 0.15) is 4.21 Å². The molecule has 0 aliphatic rings. The predicted molar refractivity (Wildman–Crippen MR) is 135 cm³/mol. The molecule has 3 N–H and O–H groups in total. The number of nitrogens with one attached hydrogen (secondary N) is 3. The van der Waals surface area contributed by atoms with Crippen molar-refractivity contribution in [2.45, 2.75) is 24.1 Å². The van der Waals surface area contributed by atoms with Gasteiger partial charge in [0.05, 0.1) is 6.54 Å². The standard InChI is InChI=1S/C20H27N5O2S2.HI/c1-4-21-20(22-12-11-15-13-23-18-8-6-5-7-17(15)18)24-14-16-9-10-19(28-16)29(26,27)25(2)3;/h5-10,13,23H,4,11-12,14H2,1-3H3,(H2,21,22,24);1H. The Kier molecular flexibility index (Phi) is 9.13. The number of benzene rings is 1. The van der Waals surface area contributed by atoms with E-state index in [1.54, 1.807) is 6.07 Å². The zero-order valence-electron chi connectivity index (χ0n) is 17.3. The van der Waals surface area contributed by atoms with Gasteiger partial charge in [-0.3, -0.25) is 0 Å². The summed E-state index contributed by atoms with van der Waals surface area (Å²) in [5.41, 5.74) is 2.41. The topological polar surface area (TPSA) is 89.6 Å². The fourth-order valence-electron chi connectivity index (χ4n) is 2.91. The van der Waals surface area contributed by atoms with Crippen molar-refractivity contribution >= 4 is 62.2 Å². The van der Waals surface area contributed by atoms with Crippen molar-refractivity contribution in [2.75, 3.05) is 27.2 Å². The fraction of sp³-hybridized carbons (Fsp3) is 0.350. The smallest absolute Gasteiger partial charge is 0.252 e. The van der Waals surface area contributed by atoms with Crippen LogP contribution in [0.3, 0.4) is 0 Å². The van der Waals surface area contributed by atoms with Crippen LogP contribution in [-0.2, 0) is 23.0 Å². The van der Waals surface area contributed by atoms with Crippen LogP contribution in [0.5, 0.6) is 0 Å². The molecule has 2 aromatic heterocycles. The van der Waals surface area contributed by atoms with E-state index in [0.29, 0.717) is 10.8 Å². The number of guanidine groups is 1. The van der Waals surface area contributed by atoms with E-state index in [1.807, 2.05) is 25.1 Å². The van der Waals surface area contributed by atoms with Gasteiger partial charge < -0.3 is 15.6 Å². The summed E-state index contributed by atoms with van der Waals surface area (Å²) in [5.74, 6) is 0.720. The molecule has 0 atom stereocenters. The Balaban J connectivity index is 0.00000320.